The van der Waals surface area contributed by atoms with Gasteiger partial charge in [0.15, 0.2) is 5.82 Å². The molecule has 1 amide bonds. The number of carbonyl (C=O) groups is 1. The van der Waals surface area contributed by atoms with E-state index in [-0.39, 0.29) is 42.3 Å². The zero-order chi connectivity index (χ0) is 20.3. The Hall–Kier alpha value is -2.06. The van der Waals surface area contributed by atoms with E-state index in [4.69, 9.17) is 23.2 Å². The maximum atomic E-state index is 13.4. The van der Waals surface area contributed by atoms with E-state index >= 15 is 0 Å². The summed E-state index contributed by atoms with van der Waals surface area (Å²) in [7, 11) is 0. The molecule has 6 nitrogen and oxygen atoms in total. The molecule has 0 saturated carbocycles. The molecule has 0 spiro atoms. The zero-order valence-corrected chi connectivity index (χ0v) is 16.7. The molecule has 4 rings (SSSR count). The van der Waals surface area contributed by atoms with Crippen LogP contribution < -0.4 is 9.80 Å². The SMILES string of the molecule is CC1(C)C(=O)N(c2ccc(N3CCC(F)(F)CC3)nc2)c2nc(Cl)nc(Cl)c21. The van der Waals surface area contributed by atoms with Crippen molar-refractivity contribution < 1.29 is 13.6 Å². The van der Waals surface area contributed by atoms with Crippen LogP contribution in [0.5, 0.6) is 0 Å². The molecule has 2 aromatic rings. The number of piperidine rings is 1. The summed E-state index contributed by atoms with van der Waals surface area (Å²) in [4.78, 5) is 28.8. The maximum Gasteiger partial charge on any atom is 0.251 e. The molecule has 1 fully saturated rings. The minimum absolute atomic E-state index is 0.0573. The summed E-state index contributed by atoms with van der Waals surface area (Å²) >= 11 is 12.2. The molecule has 0 atom stereocenters. The Kier molecular flexibility index (Phi) is 4.46. The Morgan fingerprint density at radius 1 is 1.11 bits per heavy atom. The van der Waals surface area contributed by atoms with Gasteiger partial charge in [0.1, 0.15) is 11.0 Å². The first kappa shape index (κ1) is 19.3. The maximum absolute atomic E-state index is 13.4. The smallest absolute Gasteiger partial charge is 0.251 e. The van der Waals surface area contributed by atoms with Crippen LogP contribution in [-0.4, -0.2) is 39.9 Å². The van der Waals surface area contributed by atoms with Crippen molar-refractivity contribution in [3.8, 4) is 0 Å². The topological polar surface area (TPSA) is 62.2 Å². The fourth-order valence-electron chi connectivity index (χ4n) is 3.58. The van der Waals surface area contributed by atoms with Gasteiger partial charge in [-0.2, -0.15) is 4.98 Å². The average molecular weight is 428 g/mol. The number of pyridine rings is 1. The van der Waals surface area contributed by atoms with E-state index in [1.807, 2.05) is 0 Å². The molecule has 28 heavy (non-hydrogen) atoms. The van der Waals surface area contributed by atoms with Crippen LogP contribution in [0.15, 0.2) is 18.3 Å². The second kappa shape index (κ2) is 6.49. The van der Waals surface area contributed by atoms with E-state index in [0.717, 1.165) is 0 Å². The van der Waals surface area contributed by atoms with Gasteiger partial charge in [-0.3, -0.25) is 9.69 Å². The monoisotopic (exact) mass is 427 g/mol. The zero-order valence-electron chi connectivity index (χ0n) is 15.2. The summed E-state index contributed by atoms with van der Waals surface area (Å²) in [6, 6.07) is 3.42. The van der Waals surface area contributed by atoms with E-state index in [2.05, 4.69) is 15.0 Å². The Labute approximate surface area is 170 Å². The fourth-order valence-corrected chi connectivity index (χ4v) is 4.19. The van der Waals surface area contributed by atoms with E-state index in [9.17, 15) is 13.6 Å². The van der Waals surface area contributed by atoms with Crippen molar-refractivity contribution in [3.63, 3.8) is 0 Å². The van der Waals surface area contributed by atoms with Crippen molar-refractivity contribution in [2.75, 3.05) is 22.9 Å². The van der Waals surface area contributed by atoms with Crippen molar-refractivity contribution in [3.05, 3.63) is 34.3 Å². The van der Waals surface area contributed by atoms with Gasteiger partial charge in [-0.25, -0.2) is 18.7 Å². The molecule has 4 heterocycles. The van der Waals surface area contributed by atoms with E-state index in [1.165, 1.54) is 11.1 Å². The van der Waals surface area contributed by atoms with Gasteiger partial charge in [-0.1, -0.05) is 11.6 Å². The second-order valence-electron chi connectivity index (χ2n) is 7.47. The van der Waals surface area contributed by atoms with Crippen LogP contribution >= 0.6 is 23.2 Å². The number of fused-ring (bicyclic) bond motifs is 1. The standard InChI is InChI=1S/C18H17Cl2F2N5O/c1-17(2)12-13(19)24-16(20)25-14(12)27(15(17)28)10-3-4-11(23-9-10)26-7-5-18(21,22)6-8-26/h3-4,9H,5-8H2,1-2H3. The molecule has 0 bridgehead atoms. The van der Waals surface area contributed by atoms with Gasteiger partial charge in [0, 0.05) is 31.5 Å². The number of halogens is 4. The molecule has 1 saturated heterocycles. The Balaban J connectivity index is 1.66. The van der Waals surface area contributed by atoms with Gasteiger partial charge >= 0.3 is 0 Å². The highest BCUT2D eigenvalue weighted by Gasteiger charge is 2.48. The minimum Gasteiger partial charge on any atom is -0.356 e. The highest BCUT2D eigenvalue weighted by molar-refractivity contribution is 6.34. The lowest BCUT2D eigenvalue weighted by Crippen LogP contribution is -2.39. The van der Waals surface area contributed by atoms with Crippen LogP contribution in [0.1, 0.15) is 32.3 Å². The van der Waals surface area contributed by atoms with Crippen LogP contribution in [0.3, 0.4) is 0 Å². The first-order valence-corrected chi connectivity index (χ1v) is 9.53. The van der Waals surface area contributed by atoms with Crippen molar-refractivity contribution in [1.29, 1.82) is 0 Å². The molecule has 10 heteroatoms. The minimum atomic E-state index is -2.62. The number of rotatable bonds is 2. The van der Waals surface area contributed by atoms with Crippen LogP contribution in [0, 0.1) is 0 Å². The second-order valence-corrected chi connectivity index (χ2v) is 8.16. The molecule has 2 aliphatic rings. The Morgan fingerprint density at radius 2 is 1.79 bits per heavy atom. The Bertz CT molecular complexity index is 942. The van der Waals surface area contributed by atoms with Crippen molar-refractivity contribution in [2.45, 2.75) is 38.0 Å². The number of nitrogens with zero attached hydrogens (tertiary/aromatic N) is 5. The number of aromatic nitrogens is 3. The highest BCUT2D eigenvalue weighted by atomic mass is 35.5. The molecule has 2 aliphatic heterocycles. The van der Waals surface area contributed by atoms with Crippen molar-refractivity contribution in [1.82, 2.24) is 15.0 Å². The van der Waals surface area contributed by atoms with Crippen molar-refractivity contribution in [2.24, 2.45) is 0 Å². The fraction of sp³-hybridized carbons (Fsp3) is 0.444. The van der Waals surface area contributed by atoms with E-state index in [1.54, 1.807) is 30.9 Å². The number of hydrogen-bond acceptors (Lipinski definition) is 5. The largest absolute Gasteiger partial charge is 0.356 e. The average Bonchev–Trinajstić information content (AvgIpc) is 2.81. The third-order valence-corrected chi connectivity index (χ3v) is 5.64. The normalized spacial score (nSPS) is 20.4. The number of hydrogen-bond donors (Lipinski definition) is 0. The number of carbonyl (C=O) groups excluding carboxylic acids is 1. The third-order valence-electron chi connectivity index (χ3n) is 5.20. The van der Waals surface area contributed by atoms with Gasteiger partial charge in [0.05, 0.1) is 17.3 Å². The number of amides is 1. The lowest BCUT2D eigenvalue weighted by Gasteiger charge is -2.32. The summed E-state index contributed by atoms with van der Waals surface area (Å²) < 4.78 is 26.7. The molecule has 0 unspecified atom stereocenters. The lowest BCUT2D eigenvalue weighted by atomic mass is 9.88. The van der Waals surface area contributed by atoms with Gasteiger partial charge in [0.25, 0.3) is 5.92 Å². The van der Waals surface area contributed by atoms with Crippen LogP contribution in [0.25, 0.3) is 0 Å². The first-order chi connectivity index (χ1) is 13.1. The lowest BCUT2D eigenvalue weighted by molar-refractivity contribution is -0.121. The molecule has 0 radical (unpaired) electrons. The molecule has 148 valence electrons. The predicted octanol–water partition coefficient (Wildman–Crippen LogP) is 4.37. The van der Waals surface area contributed by atoms with Crippen LogP contribution in [0.4, 0.5) is 26.1 Å². The highest BCUT2D eigenvalue weighted by Crippen LogP contribution is 2.47. The van der Waals surface area contributed by atoms with Crippen LogP contribution in [0.2, 0.25) is 10.4 Å². The van der Waals surface area contributed by atoms with Gasteiger partial charge in [-0.15, -0.1) is 0 Å². The summed E-state index contributed by atoms with van der Waals surface area (Å²) in [6.07, 6.45) is 1.13. The third kappa shape index (κ3) is 3.08. The van der Waals surface area contributed by atoms with E-state index in [0.29, 0.717) is 22.9 Å². The van der Waals surface area contributed by atoms with Gasteiger partial charge in [-0.05, 0) is 37.6 Å². The molecule has 0 aromatic carbocycles. The summed E-state index contributed by atoms with van der Waals surface area (Å²) in [5.74, 6) is -1.93. The Morgan fingerprint density at radius 3 is 2.39 bits per heavy atom. The summed E-state index contributed by atoms with van der Waals surface area (Å²) in [6.45, 7) is 3.95. The molecule has 2 aromatic heterocycles. The first-order valence-electron chi connectivity index (χ1n) is 8.77. The van der Waals surface area contributed by atoms with Crippen molar-refractivity contribution >= 4 is 46.4 Å². The molecular weight excluding hydrogens is 411 g/mol. The number of alkyl halides is 2. The molecular formula is C18H17Cl2F2N5O. The van der Waals surface area contributed by atoms with Gasteiger partial charge in [0.2, 0.25) is 11.2 Å². The summed E-state index contributed by atoms with van der Waals surface area (Å²) in [5.41, 5.74) is 0.0772. The quantitative estimate of drug-likeness (QED) is 0.525. The molecule has 0 aliphatic carbocycles. The number of anilines is 3. The van der Waals surface area contributed by atoms with Gasteiger partial charge < -0.3 is 4.90 Å². The molecule has 0 N–H and O–H groups in total. The van der Waals surface area contributed by atoms with Crippen LogP contribution in [-0.2, 0) is 10.2 Å². The summed E-state index contributed by atoms with van der Waals surface area (Å²) in [5, 5.41) is 0.0766. The predicted molar refractivity (Wildman–Crippen MR) is 103 cm³/mol. The van der Waals surface area contributed by atoms with E-state index < -0.39 is 11.3 Å².